The van der Waals surface area contributed by atoms with Gasteiger partial charge in [-0.3, -0.25) is 9.20 Å². The minimum absolute atomic E-state index is 0.0939. The van der Waals surface area contributed by atoms with Crippen LogP contribution in [-0.4, -0.2) is 25.4 Å². The summed E-state index contributed by atoms with van der Waals surface area (Å²) in [7, 11) is 0. The van der Waals surface area contributed by atoms with Crippen molar-refractivity contribution in [2.75, 3.05) is 5.73 Å². The molecule has 0 bridgehead atoms. The number of hydrogen-bond donors (Lipinski definition) is 2. The van der Waals surface area contributed by atoms with E-state index in [1.807, 2.05) is 24.4 Å². The van der Waals surface area contributed by atoms with Gasteiger partial charge >= 0.3 is 5.97 Å². The molecule has 0 amide bonds. The van der Waals surface area contributed by atoms with Crippen molar-refractivity contribution in [2.24, 2.45) is 11.3 Å². The predicted molar refractivity (Wildman–Crippen MR) is 86.6 cm³/mol. The molecular formula is C15H19BrN4O2. The van der Waals surface area contributed by atoms with Crippen molar-refractivity contribution in [3.63, 3.8) is 0 Å². The first-order valence-corrected chi connectivity index (χ1v) is 8.17. The van der Waals surface area contributed by atoms with Crippen molar-refractivity contribution >= 4 is 33.2 Å². The Balaban J connectivity index is 2.04. The number of rotatable bonds is 3. The molecule has 0 spiro atoms. The molecule has 1 saturated carbocycles. The first kappa shape index (κ1) is 15.3. The lowest BCUT2D eigenvalue weighted by molar-refractivity contribution is -0.151. The van der Waals surface area contributed by atoms with E-state index >= 15 is 0 Å². The average Bonchev–Trinajstić information content (AvgIpc) is 3.02. The van der Waals surface area contributed by atoms with Crippen LogP contribution < -0.4 is 5.73 Å². The zero-order valence-electron chi connectivity index (χ0n) is 12.6. The second-order valence-electron chi connectivity index (χ2n) is 6.35. The number of imidazole rings is 1. The fraction of sp³-hybridized carbons (Fsp3) is 0.533. The maximum absolute atomic E-state index is 11.8. The zero-order chi connectivity index (χ0) is 16.1. The second-order valence-corrected chi connectivity index (χ2v) is 7.10. The minimum Gasteiger partial charge on any atom is -0.481 e. The van der Waals surface area contributed by atoms with Crippen LogP contribution in [0, 0.1) is 11.3 Å². The third kappa shape index (κ3) is 2.10. The summed E-state index contributed by atoms with van der Waals surface area (Å²) in [5.41, 5.74) is 6.00. The standard InChI is InChI=1S/C15H19BrN4O2/c1-8(2)15(14(21)22)4-3-9(7-15)13-19-11(16)10-12(17)18-5-6-20(10)13/h5-6,8-9H,3-4,7H2,1-2H3,(H2,17,18)(H,21,22)/t9-,15-/m1/s1. The summed E-state index contributed by atoms with van der Waals surface area (Å²) in [5.74, 6) is 0.779. The first-order valence-electron chi connectivity index (χ1n) is 7.38. The third-order valence-corrected chi connectivity index (χ3v) is 5.57. The molecule has 7 heteroatoms. The molecule has 3 N–H and O–H groups in total. The lowest BCUT2D eigenvalue weighted by atomic mass is 9.75. The smallest absolute Gasteiger partial charge is 0.309 e. The number of halogens is 1. The molecule has 2 aromatic rings. The van der Waals surface area contributed by atoms with Crippen molar-refractivity contribution in [3.05, 3.63) is 22.8 Å². The summed E-state index contributed by atoms with van der Waals surface area (Å²) >= 11 is 3.43. The number of carboxylic acid groups (broad SMARTS) is 1. The molecule has 0 radical (unpaired) electrons. The number of anilines is 1. The second kappa shape index (κ2) is 5.22. The van der Waals surface area contributed by atoms with Gasteiger partial charge in [0.15, 0.2) is 5.82 Å². The van der Waals surface area contributed by atoms with Gasteiger partial charge in [0, 0.05) is 18.3 Å². The maximum atomic E-state index is 11.8. The van der Waals surface area contributed by atoms with Gasteiger partial charge in [-0.15, -0.1) is 0 Å². The first-order chi connectivity index (χ1) is 10.4. The van der Waals surface area contributed by atoms with Crippen LogP contribution in [0.5, 0.6) is 0 Å². The van der Waals surface area contributed by atoms with Gasteiger partial charge in [-0.1, -0.05) is 13.8 Å². The number of carboxylic acids is 1. The van der Waals surface area contributed by atoms with E-state index in [0.29, 0.717) is 23.3 Å². The average molecular weight is 367 g/mol. The lowest BCUT2D eigenvalue weighted by Gasteiger charge is -2.28. The lowest BCUT2D eigenvalue weighted by Crippen LogP contribution is -2.33. The normalized spacial score (nSPS) is 25.2. The molecule has 2 heterocycles. The molecule has 0 aromatic carbocycles. The predicted octanol–water partition coefficient (Wildman–Crippen LogP) is 3.07. The summed E-state index contributed by atoms with van der Waals surface area (Å²) in [5, 5.41) is 9.69. The Kier molecular flexibility index (Phi) is 3.63. The number of fused-ring (bicyclic) bond motifs is 1. The maximum Gasteiger partial charge on any atom is 0.309 e. The summed E-state index contributed by atoms with van der Waals surface area (Å²) in [6, 6.07) is 0. The van der Waals surface area contributed by atoms with Crippen LogP contribution in [0.2, 0.25) is 0 Å². The van der Waals surface area contributed by atoms with Crippen molar-refractivity contribution in [1.29, 1.82) is 0 Å². The van der Waals surface area contributed by atoms with Crippen molar-refractivity contribution in [2.45, 2.75) is 39.0 Å². The van der Waals surface area contributed by atoms with E-state index in [9.17, 15) is 9.90 Å². The molecule has 2 aromatic heterocycles. The third-order valence-electron chi connectivity index (χ3n) is 5.01. The molecule has 3 rings (SSSR count). The van der Waals surface area contributed by atoms with Gasteiger partial charge in [0.1, 0.15) is 15.9 Å². The van der Waals surface area contributed by atoms with Gasteiger partial charge in [-0.25, -0.2) is 9.97 Å². The van der Waals surface area contributed by atoms with E-state index in [-0.39, 0.29) is 11.8 Å². The number of nitrogens with zero attached hydrogens (tertiary/aromatic N) is 3. The van der Waals surface area contributed by atoms with Gasteiger partial charge < -0.3 is 10.8 Å². The molecule has 22 heavy (non-hydrogen) atoms. The Morgan fingerprint density at radius 1 is 1.59 bits per heavy atom. The summed E-state index contributed by atoms with van der Waals surface area (Å²) in [6.45, 7) is 3.97. The molecule has 0 unspecified atom stereocenters. The van der Waals surface area contributed by atoms with Gasteiger partial charge in [0.25, 0.3) is 0 Å². The largest absolute Gasteiger partial charge is 0.481 e. The molecule has 0 aliphatic heterocycles. The number of nitrogen functional groups attached to an aromatic ring is 1. The van der Waals surface area contributed by atoms with Crippen LogP contribution in [0.1, 0.15) is 44.9 Å². The number of hydrogen-bond acceptors (Lipinski definition) is 4. The molecule has 1 fully saturated rings. The fourth-order valence-electron chi connectivity index (χ4n) is 3.59. The van der Waals surface area contributed by atoms with Crippen molar-refractivity contribution in [3.8, 4) is 0 Å². The van der Waals surface area contributed by atoms with Gasteiger partial charge in [-0.05, 0) is 41.1 Å². The highest BCUT2D eigenvalue weighted by molar-refractivity contribution is 9.10. The Morgan fingerprint density at radius 2 is 2.32 bits per heavy atom. The Bertz CT molecular complexity index is 742. The molecule has 6 nitrogen and oxygen atoms in total. The number of aliphatic carboxylic acids is 1. The highest BCUT2D eigenvalue weighted by Crippen LogP contribution is 2.51. The summed E-state index contributed by atoms with van der Waals surface area (Å²) in [4.78, 5) is 20.5. The highest BCUT2D eigenvalue weighted by Gasteiger charge is 2.49. The highest BCUT2D eigenvalue weighted by atomic mass is 79.9. The number of aromatic nitrogens is 3. The van der Waals surface area contributed by atoms with Gasteiger partial charge in [0.2, 0.25) is 0 Å². The fourth-order valence-corrected chi connectivity index (χ4v) is 4.17. The van der Waals surface area contributed by atoms with Gasteiger partial charge in [0.05, 0.1) is 5.41 Å². The van der Waals surface area contributed by atoms with Crippen LogP contribution >= 0.6 is 15.9 Å². The molecule has 1 aliphatic carbocycles. The quantitative estimate of drug-likeness (QED) is 0.870. The van der Waals surface area contributed by atoms with E-state index in [4.69, 9.17) is 5.73 Å². The Hall–Kier alpha value is -1.63. The molecule has 1 aliphatic rings. The zero-order valence-corrected chi connectivity index (χ0v) is 14.2. The van der Waals surface area contributed by atoms with E-state index in [1.165, 1.54) is 0 Å². The molecule has 2 atom stereocenters. The summed E-state index contributed by atoms with van der Waals surface area (Å²) in [6.07, 6.45) is 5.57. The van der Waals surface area contributed by atoms with Crippen molar-refractivity contribution in [1.82, 2.24) is 14.4 Å². The molecule has 118 valence electrons. The molecular weight excluding hydrogens is 348 g/mol. The van der Waals surface area contributed by atoms with Crippen LogP contribution in [0.4, 0.5) is 5.82 Å². The monoisotopic (exact) mass is 366 g/mol. The molecule has 0 saturated heterocycles. The summed E-state index contributed by atoms with van der Waals surface area (Å²) < 4.78 is 2.58. The van der Waals surface area contributed by atoms with Crippen LogP contribution in [0.15, 0.2) is 17.0 Å². The van der Waals surface area contributed by atoms with Crippen LogP contribution in [0.25, 0.3) is 5.52 Å². The topological polar surface area (TPSA) is 93.5 Å². The Labute approximate surface area is 136 Å². The van der Waals surface area contributed by atoms with E-state index in [0.717, 1.165) is 17.8 Å². The van der Waals surface area contributed by atoms with Crippen LogP contribution in [-0.2, 0) is 4.79 Å². The van der Waals surface area contributed by atoms with Crippen molar-refractivity contribution < 1.29 is 9.90 Å². The van der Waals surface area contributed by atoms with E-state index in [2.05, 4.69) is 25.9 Å². The van der Waals surface area contributed by atoms with Gasteiger partial charge in [-0.2, -0.15) is 0 Å². The minimum atomic E-state index is -0.703. The van der Waals surface area contributed by atoms with Crippen LogP contribution in [0.3, 0.4) is 0 Å². The SMILES string of the molecule is CC(C)[C@@]1(C(=O)O)CC[C@@H](c2nc(Br)c3c(N)nccn23)C1. The number of nitrogens with two attached hydrogens (primary N) is 1. The van der Waals surface area contributed by atoms with E-state index in [1.54, 1.807) is 6.20 Å². The Morgan fingerprint density at radius 3 is 2.91 bits per heavy atom. The van der Waals surface area contributed by atoms with E-state index < -0.39 is 11.4 Å². The number of carbonyl (C=O) groups is 1.